The van der Waals surface area contributed by atoms with Crippen LogP contribution in [-0.4, -0.2) is 29.8 Å². The molecule has 0 N–H and O–H groups in total. The summed E-state index contributed by atoms with van der Waals surface area (Å²) in [5, 5.41) is 0. The number of sulfonamides is 1. The number of hydrogen-bond acceptors (Lipinski definition) is 3. The van der Waals surface area contributed by atoms with Crippen molar-refractivity contribution < 1.29 is 8.42 Å². The van der Waals surface area contributed by atoms with Crippen LogP contribution in [0.1, 0.15) is 19.3 Å². The van der Waals surface area contributed by atoms with Crippen LogP contribution < -0.4 is 0 Å². The number of aromatic nitrogens is 1. The molecule has 1 aromatic heterocycles. The Kier molecular flexibility index (Phi) is 2.52. The Labute approximate surface area is 101 Å². The molecule has 1 aromatic rings. The van der Waals surface area contributed by atoms with Gasteiger partial charge in [0.05, 0.1) is 0 Å². The number of pyridine rings is 1. The zero-order valence-corrected chi connectivity index (χ0v) is 10.2. The van der Waals surface area contributed by atoms with Gasteiger partial charge in [0, 0.05) is 24.5 Å². The maximum Gasteiger partial charge on any atom is 0.245 e. The summed E-state index contributed by atoms with van der Waals surface area (Å²) in [7, 11) is -3.38. The van der Waals surface area contributed by atoms with Gasteiger partial charge < -0.3 is 0 Å². The van der Waals surface area contributed by atoms with Gasteiger partial charge >= 0.3 is 0 Å². The first-order chi connectivity index (χ1) is 8.19. The fraction of sp³-hybridized carbons (Fsp3) is 0.417. The predicted octanol–water partition coefficient (Wildman–Crippen LogP) is 1.56. The molecular formula is C12H14N2O2S. The molecule has 0 unspecified atom stereocenters. The third kappa shape index (κ3) is 1.70. The van der Waals surface area contributed by atoms with E-state index in [9.17, 15) is 8.42 Å². The van der Waals surface area contributed by atoms with E-state index in [2.05, 4.69) is 11.1 Å². The average molecular weight is 250 g/mol. The predicted molar refractivity (Wildman–Crippen MR) is 63.8 cm³/mol. The van der Waals surface area contributed by atoms with Gasteiger partial charge in [-0.25, -0.2) is 8.42 Å². The highest BCUT2D eigenvalue weighted by atomic mass is 32.2. The van der Waals surface area contributed by atoms with Crippen LogP contribution in [0, 0.1) is 0 Å². The molecule has 5 heteroatoms. The second-order valence-electron chi connectivity index (χ2n) is 4.49. The summed E-state index contributed by atoms with van der Waals surface area (Å²) < 4.78 is 26.7. The SMILES string of the molecule is O=S(=O)(c1cccnc1)N1[C@H]2CC=C[C@H]1CC2. The molecule has 1 fully saturated rings. The minimum Gasteiger partial charge on any atom is -0.263 e. The first kappa shape index (κ1) is 10.9. The van der Waals surface area contributed by atoms with Crippen LogP contribution in [0.2, 0.25) is 0 Å². The molecule has 3 rings (SSSR count). The molecule has 0 amide bonds. The van der Waals surface area contributed by atoms with Crippen LogP contribution in [0.4, 0.5) is 0 Å². The van der Waals surface area contributed by atoms with Crippen molar-refractivity contribution in [2.24, 2.45) is 0 Å². The minimum atomic E-state index is -3.38. The van der Waals surface area contributed by atoms with Gasteiger partial charge in [-0.15, -0.1) is 0 Å². The molecule has 0 aliphatic carbocycles. The van der Waals surface area contributed by atoms with Gasteiger partial charge in [0.25, 0.3) is 0 Å². The van der Waals surface area contributed by atoms with Crippen LogP contribution in [0.5, 0.6) is 0 Å². The van der Waals surface area contributed by atoms with Crippen LogP contribution >= 0.6 is 0 Å². The molecule has 3 heterocycles. The summed E-state index contributed by atoms with van der Waals surface area (Å²) in [6.45, 7) is 0. The highest BCUT2D eigenvalue weighted by Crippen LogP contribution is 2.36. The molecule has 4 nitrogen and oxygen atoms in total. The van der Waals surface area contributed by atoms with Crippen molar-refractivity contribution in [1.82, 2.24) is 9.29 Å². The molecule has 0 saturated carbocycles. The van der Waals surface area contributed by atoms with Gasteiger partial charge in [0.1, 0.15) is 4.90 Å². The van der Waals surface area contributed by atoms with Crippen molar-refractivity contribution in [3.05, 3.63) is 36.7 Å². The molecule has 2 bridgehead atoms. The summed E-state index contributed by atoms with van der Waals surface area (Å²) in [4.78, 5) is 4.19. The van der Waals surface area contributed by atoms with Gasteiger partial charge in [0.2, 0.25) is 10.0 Å². The zero-order valence-electron chi connectivity index (χ0n) is 9.36. The van der Waals surface area contributed by atoms with Crippen LogP contribution in [0.25, 0.3) is 0 Å². The lowest BCUT2D eigenvalue weighted by Gasteiger charge is -2.30. The summed E-state index contributed by atoms with van der Waals surface area (Å²) in [6.07, 6.45) is 9.83. The van der Waals surface area contributed by atoms with Crippen molar-refractivity contribution >= 4 is 10.0 Å². The van der Waals surface area contributed by atoms with E-state index in [1.54, 1.807) is 22.6 Å². The van der Waals surface area contributed by atoms with E-state index in [4.69, 9.17) is 0 Å². The smallest absolute Gasteiger partial charge is 0.245 e. The van der Waals surface area contributed by atoms with E-state index in [0.717, 1.165) is 19.3 Å². The molecule has 0 radical (unpaired) electrons. The normalized spacial score (nSPS) is 28.5. The number of hydrogen-bond donors (Lipinski definition) is 0. The van der Waals surface area contributed by atoms with E-state index in [1.807, 2.05) is 6.08 Å². The van der Waals surface area contributed by atoms with Crippen molar-refractivity contribution in [3.63, 3.8) is 0 Å². The second-order valence-corrected chi connectivity index (χ2v) is 6.33. The van der Waals surface area contributed by atoms with Crippen molar-refractivity contribution in [1.29, 1.82) is 0 Å². The first-order valence-electron chi connectivity index (χ1n) is 5.80. The lowest BCUT2D eigenvalue weighted by molar-refractivity contribution is 0.341. The van der Waals surface area contributed by atoms with Crippen LogP contribution in [0.3, 0.4) is 0 Å². The summed E-state index contributed by atoms with van der Waals surface area (Å²) in [5.74, 6) is 0. The van der Waals surface area contributed by atoms with E-state index in [1.165, 1.54) is 6.20 Å². The Morgan fingerprint density at radius 2 is 2.24 bits per heavy atom. The summed E-state index contributed by atoms with van der Waals surface area (Å²) >= 11 is 0. The maximum atomic E-state index is 12.5. The van der Waals surface area contributed by atoms with E-state index in [0.29, 0.717) is 4.90 Å². The first-order valence-corrected chi connectivity index (χ1v) is 7.24. The topological polar surface area (TPSA) is 50.3 Å². The Balaban J connectivity index is 2.02. The van der Waals surface area contributed by atoms with E-state index in [-0.39, 0.29) is 12.1 Å². The highest BCUT2D eigenvalue weighted by Gasteiger charge is 2.42. The third-order valence-electron chi connectivity index (χ3n) is 3.46. The lowest BCUT2D eigenvalue weighted by atomic mass is 10.2. The van der Waals surface area contributed by atoms with E-state index < -0.39 is 10.0 Å². The molecule has 90 valence electrons. The Hall–Kier alpha value is -1.20. The lowest BCUT2D eigenvalue weighted by Crippen LogP contribution is -2.41. The number of fused-ring (bicyclic) bond motifs is 2. The minimum absolute atomic E-state index is 0.0407. The largest absolute Gasteiger partial charge is 0.263 e. The monoisotopic (exact) mass is 250 g/mol. The molecule has 0 aromatic carbocycles. The Morgan fingerprint density at radius 3 is 2.94 bits per heavy atom. The Morgan fingerprint density at radius 1 is 1.35 bits per heavy atom. The second kappa shape index (κ2) is 3.92. The number of nitrogens with zero attached hydrogens (tertiary/aromatic N) is 2. The zero-order chi connectivity index (χ0) is 11.9. The van der Waals surface area contributed by atoms with Crippen LogP contribution in [0.15, 0.2) is 41.6 Å². The molecule has 1 saturated heterocycles. The van der Waals surface area contributed by atoms with Crippen molar-refractivity contribution in [2.75, 3.05) is 0 Å². The van der Waals surface area contributed by atoms with Crippen molar-refractivity contribution in [2.45, 2.75) is 36.2 Å². The summed E-state index contributed by atoms with van der Waals surface area (Å²) in [5.41, 5.74) is 0. The maximum absolute atomic E-state index is 12.5. The van der Waals surface area contributed by atoms with Gasteiger partial charge in [-0.3, -0.25) is 4.98 Å². The molecular weight excluding hydrogens is 236 g/mol. The van der Waals surface area contributed by atoms with E-state index >= 15 is 0 Å². The highest BCUT2D eigenvalue weighted by molar-refractivity contribution is 7.89. The van der Waals surface area contributed by atoms with Gasteiger partial charge in [-0.05, 0) is 31.4 Å². The van der Waals surface area contributed by atoms with Crippen molar-refractivity contribution in [3.8, 4) is 0 Å². The summed E-state index contributed by atoms with van der Waals surface area (Å²) in [6, 6.07) is 3.45. The molecule has 2 atom stereocenters. The van der Waals surface area contributed by atoms with Gasteiger partial charge in [-0.1, -0.05) is 12.2 Å². The van der Waals surface area contributed by atoms with Gasteiger partial charge in [0.15, 0.2) is 0 Å². The Bertz CT molecular complexity index is 539. The fourth-order valence-electron chi connectivity index (χ4n) is 2.68. The standard InChI is InChI=1S/C12H14N2O2S/c15-17(16,12-5-2-8-13-9-12)14-10-3-1-4-11(14)7-6-10/h1-3,5,8-11H,4,6-7H2/t10-,11-/m0/s1. The number of rotatable bonds is 2. The average Bonchev–Trinajstić information content (AvgIpc) is 2.62. The van der Waals surface area contributed by atoms with Gasteiger partial charge in [-0.2, -0.15) is 4.31 Å². The molecule has 17 heavy (non-hydrogen) atoms. The quantitative estimate of drug-likeness (QED) is 0.748. The van der Waals surface area contributed by atoms with Crippen LogP contribution in [-0.2, 0) is 10.0 Å². The molecule has 2 aliphatic heterocycles. The fourth-order valence-corrected chi connectivity index (χ4v) is 4.48. The molecule has 0 spiro atoms. The third-order valence-corrected chi connectivity index (χ3v) is 5.42. The molecule has 2 aliphatic rings.